The Balaban J connectivity index is 2.20. The van der Waals surface area contributed by atoms with E-state index in [1.165, 1.54) is 12.1 Å². The fourth-order valence-electron chi connectivity index (χ4n) is 1.41. The SMILES string of the molecule is COCCCOCCOc1cc(F)cc(CCl)c1. The van der Waals surface area contributed by atoms with Crippen LogP contribution in [0.15, 0.2) is 18.2 Å². The van der Waals surface area contributed by atoms with E-state index in [0.29, 0.717) is 37.7 Å². The van der Waals surface area contributed by atoms with Crippen molar-refractivity contribution in [2.45, 2.75) is 12.3 Å². The molecule has 0 unspecified atom stereocenters. The molecule has 1 aromatic carbocycles. The van der Waals surface area contributed by atoms with Gasteiger partial charge in [0, 0.05) is 32.3 Å². The molecule has 0 atom stereocenters. The Morgan fingerprint density at radius 1 is 1.11 bits per heavy atom. The Labute approximate surface area is 112 Å². The Morgan fingerprint density at radius 3 is 2.67 bits per heavy atom. The van der Waals surface area contributed by atoms with Crippen LogP contribution in [0, 0.1) is 5.82 Å². The molecular weight excluding hydrogens is 259 g/mol. The highest BCUT2D eigenvalue weighted by molar-refractivity contribution is 6.17. The van der Waals surface area contributed by atoms with Crippen LogP contribution in [0.5, 0.6) is 5.75 Å². The molecule has 0 heterocycles. The lowest BCUT2D eigenvalue weighted by Crippen LogP contribution is -2.08. The second-order valence-corrected chi connectivity index (χ2v) is 4.00. The van der Waals surface area contributed by atoms with Crippen molar-refractivity contribution in [3.8, 4) is 5.75 Å². The van der Waals surface area contributed by atoms with E-state index >= 15 is 0 Å². The van der Waals surface area contributed by atoms with Gasteiger partial charge in [0.2, 0.25) is 0 Å². The third kappa shape index (κ3) is 6.19. The van der Waals surface area contributed by atoms with Crippen LogP contribution in [0.2, 0.25) is 0 Å². The van der Waals surface area contributed by atoms with Crippen LogP contribution in [0.25, 0.3) is 0 Å². The normalized spacial score (nSPS) is 10.6. The van der Waals surface area contributed by atoms with Crippen molar-refractivity contribution in [1.82, 2.24) is 0 Å². The summed E-state index contributed by atoms with van der Waals surface area (Å²) < 4.78 is 28.7. The molecule has 0 spiro atoms. The van der Waals surface area contributed by atoms with Gasteiger partial charge in [-0.2, -0.15) is 0 Å². The van der Waals surface area contributed by atoms with Crippen molar-refractivity contribution in [3.63, 3.8) is 0 Å². The van der Waals surface area contributed by atoms with Gasteiger partial charge in [-0.05, 0) is 24.1 Å². The van der Waals surface area contributed by atoms with Gasteiger partial charge < -0.3 is 14.2 Å². The van der Waals surface area contributed by atoms with Crippen molar-refractivity contribution in [2.75, 3.05) is 33.5 Å². The van der Waals surface area contributed by atoms with Crippen LogP contribution in [0.3, 0.4) is 0 Å². The molecule has 1 aromatic rings. The summed E-state index contributed by atoms with van der Waals surface area (Å²) in [5, 5.41) is 0. The molecule has 0 saturated heterocycles. The smallest absolute Gasteiger partial charge is 0.127 e. The van der Waals surface area contributed by atoms with Crippen LogP contribution >= 0.6 is 11.6 Å². The van der Waals surface area contributed by atoms with Crippen molar-refractivity contribution < 1.29 is 18.6 Å². The molecule has 0 aromatic heterocycles. The first-order chi connectivity index (χ1) is 8.76. The minimum absolute atomic E-state index is 0.266. The number of hydrogen-bond donors (Lipinski definition) is 0. The van der Waals surface area contributed by atoms with Crippen LogP contribution in [0.1, 0.15) is 12.0 Å². The molecule has 5 heteroatoms. The zero-order valence-corrected chi connectivity index (χ0v) is 11.2. The fraction of sp³-hybridized carbons (Fsp3) is 0.538. The summed E-state index contributed by atoms with van der Waals surface area (Å²) in [5.74, 6) is 0.400. The first-order valence-corrected chi connectivity index (χ1v) is 6.34. The first-order valence-electron chi connectivity index (χ1n) is 5.81. The lowest BCUT2D eigenvalue weighted by Gasteiger charge is -2.08. The second kappa shape index (κ2) is 9.14. The average molecular weight is 277 g/mol. The summed E-state index contributed by atoms with van der Waals surface area (Å²) in [7, 11) is 1.65. The molecule has 18 heavy (non-hydrogen) atoms. The average Bonchev–Trinajstić information content (AvgIpc) is 2.37. The molecule has 3 nitrogen and oxygen atoms in total. The van der Waals surface area contributed by atoms with E-state index in [2.05, 4.69) is 0 Å². The molecule has 0 N–H and O–H groups in total. The van der Waals surface area contributed by atoms with Crippen LogP contribution in [0.4, 0.5) is 4.39 Å². The Hall–Kier alpha value is -0.840. The van der Waals surface area contributed by atoms with Gasteiger partial charge in [0.05, 0.1) is 6.61 Å². The highest BCUT2D eigenvalue weighted by atomic mass is 35.5. The Morgan fingerprint density at radius 2 is 1.94 bits per heavy atom. The number of benzene rings is 1. The summed E-state index contributed by atoms with van der Waals surface area (Å²) in [5.41, 5.74) is 0.702. The Kier molecular flexibility index (Phi) is 7.73. The van der Waals surface area contributed by atoms with Gasteiger partial charge in [0.15, 0.2) is 0 Å². The topological polar surface area (TPSA) is 27.7 Å². The van der Waals surface area contributed by atoms with Gasteiger partial charge in [0.25, 0.3) is 0 Å². The molecule has 0 aliphatic rings. The molecular formula is C13H18ClFO3. The Bertz CT molecular complexity index is 347. The maximum atomic E-state index is 13.1. The van der Waals surface area contributed by atoms with E-state index in [1.54, 1.807) is 13.2 Å². The van der Waals surface area contributed by atoms with Crippen molar-refractivity contribution in [2.24, 2.45) is 0 Å². The summed E-state index contributed by atoms with van der Waals surface area (Å²) in [6.07, 6.45) is 0.854. The van der Waals surface area contributed by atoms with Crippen LogP contribution < -0.4 is 4.74 Å². The van der Waals surface area contributed by atoms with E-state index in [9.17, 15) is 4.39 Å². The van der Waals surface area contributed by atoms with Gasteiger partial charge in [-0.1, -0.05) is 0 Å². The zero-order valence-electron chi connectivity index (χ0n) is 10.5. The maximum absolute atomic E-state index is 13.1. The number of ether oxygens (including phenoxy) is 3. The van der Waals surface area contributed by atoms with Gasteiger partial charge in [-0.15, -0.1) is 11.6 Å². The van der Waals surface area contributed by atoms with Gasteiger partial charge in [0.1, 0.15) is 18.2 Å². The van der Waals surface area contributed by atoms with Gasteiger partial charge in [-0.25, -0.2) is 4.39 Å². The second-order valence-electron chi connectivity index (χ2n) is 3.74. The van der Waals surface area contributed by atoms with Gasteiger partial charge in [-0.3, -0.25) is 0 Å². The van der Waals surface area contributed by atoms with Gasteiger partial charge >= 0.3 is 0 Å². The predicted octanol–water partition coefficient (Wildman–Crippen LogP) is 3.00. The minimum Gasteiger partial charge on any atom is -0.491 e. The highest BCUT2D eigenvalue weighted by Gasteiger charge is 2.01. The third-order valence-corrected chi connectivity index (χ3v) is 2.53. The molecule has 0 radical (unpaired) electrons. The molecule has 1 rings (SSSR count). The zero-order chi connectivity index (χ0) is 13.2. The summed E-state index contributed by atoms with van der Waals surface area (Å²) in [4.78, 5) is 0. The van der Waals surface area contributed by atoms with Crippen molar-refractivity contribution in [1.29, 1.82) is 0 Å². The molecule has 0 aliphatic carbocycles. The predicted molar refractivity (Wildman–Crippen MR) is 68.8 cm³/mol. The quantitative estimate of drug-likeness (QED) is 0.513. The fourth-order valence-corrected chi connectivity index (χ4v) is 1.56. The van der Waals surface area contributed by atoms with Crippen molar-refractivity contribution in [3.05, 3.63) is 29.6 Å². The monoisotopic (exact) mass is 276 g/mol. The summed E-state index contributed by atoms with van der Waals surface area (Å²) >= 11 is 5.64. The van der Waals surface area contributed by atoms with E-state index in [0.717, 1.165) is 6.42 Å². The standard InChI is InChI=1S/C13H18ClFO3/c1-16-3-2-4-17-5-6-18-13-8-11(10-14)7-12(15)9-13/h7-9H,2-6,10H2,1H3. The maximum Gasteiger partial charge on any atom is 0.127 e. The highest BCUT2D eigenvalue weighted by Crippen LogP contribution is 2.17. The lowest BCUT2D eigenvalue weighted by atomic mass is 10.2. The van der Waals surface area contributed by atoms with Crippen molar-refractivity contribution >= 4 is 11.6 Å². The first kappa shape index (κ1) is 15.2. The molecule has 102 valence electrons. The molecule has 0 fully saturated rings. The minimum atomic E-state index is -0.343. The van der Waals surface area contributed by atoms with E-state index in [1.807, 2.05) is 0 Å². The molecule has 0 amide bonds. The van der Waals surface area contributed by atoms with E-state index in [-0.39, 0.29) is 11.7 Å². The summed E-state index contributed by atoms with van der Waals surface area (Å²) in [6, 6.07) is 4.45. The number of rotatable bonds is 9. The number of halogens is 2. The number of hydrogen-bond acceptors (Lipinski definition) is 3. The molecule has 0 aliphatic heterocycles. The van der Waals surface area contributed by atoms with E-state index in [4.69, 9.17) is 25.8 Å². The van der Waals surface area contributed by atoms with E-state index < -0.39 is 0 Å². The molecule has 0 saturated carbocycles. The molecule has 0 bridgehead atoms. The van der Waals surface area contributed by atoms with Crippen LogP contribution in [-0.2, 0) is 15.4 Å². The largest absolute Gasteiger partial charge is 0.491 e. The third-order valence-electron chi connectivity index (χ3n) is 2.22. The summed E-state index contributed by atoms with van der Waals surface area (Å²) in [6.45, 7) is 2.17. The number of methoxy groups -OCH3 is 1. The number of alkyl halides is 1. The van der Waals surface area contributed by atoms with Crippen LogP contribution in [-0.4, -0.2) is 33.5 Å². The lowest BCUT2D eigenvalue weighted by molar-refractivity contribution is 0.0805.